The van der Waals surface area contributed by atoms with E-state index in [1.807, 2.05) is 67.6 Å². The molecule has 5 rings (SSSR count). The number of aromatic nitrogens is 1. The van der Waals surface area contributed by atoms with Gasteiger partial charge in [0, 0.05) is 32.9 Å². The Morgan fingerprint density at radius 2 is 1.39 bits per heavy atom. The normalized spacial score (nSPS) is 10.7. The molecule has 0 saturated carbocycles. The second-order valence-electron chi connectivity index (χ2n) is 8.38. The monoisotopic (exact) mass is 491 g/mol. The van der Waals surface area contributed by atoms with E-state index < -0.39 is 0 Å². The number of nitrogens with zero attached hydrogens (tertiary/aromatic N) is 1. The first kappa shape index (κ1) is 23.3. The number of hydrogen-bond acceptors (Lipinski definition) is 3. The SMILES string of the molecule is Cc1cccc2c(C(=O)Nc3ccc(C(=O)Nc4ccccc4)cc3)cc(-c3ccc(Cl)cc3)nc12. The zero-order valence-corrected chi connectivity index (χ0v) is 20.2. The Balaban J connectivity index is 1.42. The van der Waals surface area contributed by atoms with E-state index in [2.05, 4.69) is 10.6 Å². The van der Waals surface area contributed by atoms with Crippen molar-refractivity contribution in [2.24, 2.45) is 0 Å². The summed E-state index contributed by atoms with van der Waals surface area (Å²) >= 11 is 6.05. The van der Waals surface area contributed by atoms with E-state index in [0.29, 0.717) is 27.5 Å². The summed E-state index contributed by atoms with van der Waals surface area (Å²) in [4.78, 5) is 30.7. The molecule has 0 aliphatic rings. The number of anilines is 2. The highest BCUT2D eigenvalue weighted by atomic mass is 35.5. The molecule has 0 radical (unpaired) electrons. The van der Waals surface area contributed by atoms with E-state index in [-0.39, 0.29) is 11.8 Å². The highest BCUT2D eigenvalue weighted by Gasteiger charge is 2.16. The van der Waals surface area contributed by atoms with Crippen LogP contribution in [-0.2, 0) is 0 Å². The fourth-order valence-corrected chi connectivity index (χ4v) is 4.10. The van der Waals surface area contributed by atoms with E-state index in [4.69, 9.17) is 16.6 Å². The maximum absolute atomic E-state index is 13.4. The van der Waals surface area contributed by atoms with Crippen LogP contribution < -0.4 is 10.6 Å². The van der Waals surface area contributed by atoms with Gasteiger partial charge in [-0.05, 0) is 67.1 Å². The van der Waals surface area contributed by atoms with E-state index in [9.17, 15) is 9.59 Å². The quantitative estimate of drug-likeness (QED) is 0.269. The molecule has 36 heavy (non-hydrogen) atoms. The lowest BCUT2D eigenvalue weighted by Gasteiger charge is -2.12. The second-order valence-corrected chi connectivity index (χ2v) is 8.82. The van der Waals surface area contributed by atoms with E-state index in [1.54, 1.807) is 42.5 Å². The van der Waals surface area contributed by atoms with Crippen LogP contribution in [0.5, 0.6) is 0 Å². The third kappa shape index (κ3) is 4.97. The Bertz CT molecular complexity index is 1560. The molecule has 6 heteroatoms. The van der Waals surface area contributed by atoms with Crippen molar-refractivity contribution in [3.8, 4) is 11.3 Å². The van der Waals surface area contributed by atoms with Gasteiger partial charge in [0.25, 0.3) is 11.8 Å². The molecule has 2 N–H and O–H groups in total. The average molecular weight is 492 g/mol. The maximum Gasteiger partial charge on any atom is 0.256 e. The number of benzene rings is 4. The first-order valence-corrected chi connectivity index (χ1v) is 11.8. The molecule has 1 heterocycles. The van der Waals surface area contributed by atoms with Crippen LogP contribution in [0.4, 0.5) is 11.4 Å². The summed E-state index contributed by atoms with van der Waals surface area (Å²) in [5, 5.41) is 7.21. The fraction of sp³-hybridized carbons (Fsp3) is 0.0333. The lowest BCUT2D eigenvalue weighted by molar-refractivity contribution is 0.102. The fourth-order valence-electron chi connectivity index (χ4n) is 3.98. The van der Waals surface area contributed by atoms with Crippen LogP contribution >= 0.6 is 11.6 Å². The molecule has 2 amide bonds. The first-order valence-electron chi connectivity index (χ1n) is 11.4. The van der Waals surface area contributed by atoms with Gasteiger partial charge in [-0.3, -0.25) is 9.59 Å². The van der Waals surface area contributed by atoms with Gasteiger partial charge in [0.15, 0.2) is 0 Å². The smallest absolute Gasteiger partial charge is 0.256 e. The largest absolute Gasteiger partial charge is 0.322 e. The highest BCUT2D eigenvalue weighted by Crippen LogP contribution is 2.28. The van der Waals surface area contributed by atoms with Gasteiger partial charge in [0.1, 0.15) is 0 Å². The van der Waals surface area contributed by atoms with Gasteiger partial charge in [-0.15, -0.1) is 0 Å². The van der Waals surface area contributed by atoms with Crippen LogP contribution in [0.3, 0.4) is 0 Å². The third-order valence-electron chi connectivity index (χ3n) is 5.86. The molecule has 0 fully saturated rings. The van der Waals surface area contributed by atoms with Crippen molar-refractivity contribution in [2.45, 2.75) is 6.92 Å². The number of pyridine rings is 1. The number of halogens is 1. The van der Waals surface area contributed by atoms with E-state index in [1.165, 1.54) is 0 Å². The molecule has 176 valence electrons. The van der Waals surface area contributed by atoms with Crippen LogP contribution in [0.15, 0.2) is 103 Å². The van der Waals surface area contributed by atoms with Crippen LogP contribution in [0.1, 0.15) is 26.3 Å². The van der Waals surface area contributed by atoms with Crippen LogP contribution in [0.2, 0.25) is 5.02 Å². The number of para-hydroxylation sites is 2. The van der Waals surface area contributed by atoms with Gasteiger partial charge in [-0.2, -0.15) is 0 Å². The Morgan fingerprint density at radius 1 is 0.722 bits per heavy atom. The number of carbonyl (C=O) groups excluding carboxylic acids is 2. The summed E-state index contributed by atoms with van der Waals surface area (Å²) in [6.45, 7) is 1.97. The molecule has 0 unspecified atom stereocenters. The summed E-state index contributed by atoms with van der Waals surface area (Å²) in [6, 6.07) is 31.0. The van der Waals surface area contributed by atoms with Crippen molar-refractivity contribution in [1.29, 1.82) is 0 Å². The first-order chi connectivity index (χ1) is 17.5. The highest BCUT2D eigenvalue weighted by molar-refractivity contribution is 6.30. The molecule has 1 aromatic heterocycles. The Hall–Kier alpha value is -4.48. The van der Waals surface area contributed by atoms with Crippen LogP contribution in [0.25, 0.3) is 22.2 Å². The molecule has 0 saturated heterocycles. The topological polar surface area (TPSA) is 71.1 Å². The van der Waals surface area contributed by atoms with Crippen molar-refractivity contribution >= 4 is 45.7 Å². The number of carbonyl (C=O) groups is 2. The number of fused-ring (bicyclic) bond motifs is 1. The number of nitrogens with one attached hydrogen (secondary N) is 2. The van der Waals surface area contributed by atoms with Crippen LogP contribution in [-0.4, -0.2) is 16.8 Å². The summed E-state index contributed by atoms with van der Waals surface area (Å²) in [7, 11) is 0. The molecular weight excluding hydrogens is 470 g/mol. The van der Waals surface area contributed by atoms with Gasteiger partial charge in [-0.1, -0.05) is 60.1 Å². The summed E-state index contributed by atoms with van der Waals surface area (Å²) in [5.41, 5.74) is 5.61. The number of hydrogen-bond donors (Lipinski definition) is 2. The molecule has 0 aliphatic carbocycles. The molecule has 5 nitrogen and oxygen atoms in total. The summed E-state index contributed by atoms with van der Waals surface area (Å²) in [6.07, 6.45) is 0. The molecule has 0 aliphatic heterocycles. The van der Waals surface area contributed by atoms with Crippen molar-refractivity contribution in [3.05, 3.63) is 125 Å². The van der Waals surface area contributed by atoms with Gasteiger partial charge in [0.05, 0.1) is 16.8 Å². The molecule has 4 aromatic carbocycles. The second kappa shape index (κ2) is 10.0. The predicted molar refractivity (Wildman–Crippen MR) is 146 cm³/mol. The molecule has 0 spiro atoms. The summed E-state index contributed by atoms with van der Waals surface area (Å²) in [5.74, 6) is -0.480. The van der Waals surface area contributed by atoms with Crippen molar-refractivity contribution in [3.63, 3.8) is 0 Å². The minimum atomic E-state index is -0.260. The zero-order valence-electron chi connectivity index (χ0n) is 19.5. The van der Waals surface area contributed by atoms with Gasteiger partial charge in [-0.25, -0.2) is 4.98 Å². The average Bonchev–Trinajstić information content (AvgIpc) is 2.90. The number of rotatable bonds is 5. The number of amides is 2. The molecule has 5 aromatic rings. The molecule has 0 bridgehead atoms. The standard InChI is InChI=1S/C30H22ClN3O2/c1-19-6-5-9-25-26(18-27(34-28(19)25)20-10-14-22(31)15-11-20)30(36)33-24-16-12-21(13-17-24)29(35)32-23-7-3-2-4-8-23/h2-18H,1H3,(H,32,35)(H,33,36). The lowest BCUT2D eigenvalue weighted by Crippen LogP contribution is -2.14. The minimum Gasteiger partial charge on any atom is -0.322 e. The lowest BCUT2D eigenvalue weighted by atomic mass is 10.0. The van der Waals surface area contributed by atoms with E-state index in [0.717, 1.165) is 27.7 Å². The third-order valence-corrected chi connectivity index (χ3v) is 6.11. The predicted octanol–water partition coefficient (Wildman–Crippen LogP) is 7.37. The zero-order chi connectivity index (χ0) is 25.1. The maximum atomic E-state index is 13.4. The van der Waals surface area contributed by atoms with Crippen molar-refractivity contribution in [2.75, 3.05) is 10.6 Å². The van der Waals surface area contributed by atoms with Crippen molar-refractivity contribution < 1.29 is 9.59 Å². The van der Waals surface area contributed by atoms with Gasteiger partial charge < -0.3 is 10.6 Å². The minimum absolute atomic E-state index is 0.220. The van der Waals surface area contributed by atoms with Crippen molar-refractivity contribution in [1.82, 2.24) is 4.98 Å². The molecular formula is C30H22ClN3O2. The molecule has 0 atom stereocenters. The number of aryl methyl sites for hydroxylation is 1. The van der Waals surface area contributed by atoms with Gasteiger partial charge in [0.2, 0.25) is 0 Å². The van der Waals surface area contributed by atoms with Gasteiger partial charge >= 0.3 is 0 Å². The summed E-state index contributed by atoms with van der Waals surface area (Å²) < 4.78 is 0. The van der Waals surface area contributed by atoms with E-state index >= 15 is 0 Å². The Kier molecular flexibility index (Phi) is 6.48. The Morgan fingerprint density at radius 3 is 2.11 bits per heavy atom. The van der Waals surface area contributed by atoms with Crippen LogP contribution in [0, 0.1) is 6.92 Å². The Labute approximate surface area is 213 Å².